The van der Waals surface area contributed by atoms with Gasteiger partial charge in [-0.05, 0) is 37.5 Å². The fourth-order valence-corrected chi connectivity index (χ4v) is 5.23. The average molecular weight is 361 g/mol. The van der Waals surface area contributed by atoms with Crippen molar-refractivity contribution < 1.29 is 13.6 Å². The van der Waals surface area contributed by atoms with Crippen molar-refractivity contribution in [2.45, 2.75) is 51.0 Å². The van der Waals surface area contributed by atoms with E-state index in [1.165, 1.54) is 17.3 Å². The Labute approximate surface area is 150 Å². The zero-order chi connectivity index (χ0) is 18.7. The normalized spacial score (nSPS) is 34.8. The van der Waals surface area contributed by atoms with Gasteiger partial charge in [-0.2, -0.15) is 5.26 Å². The number of nitriles is 1. The molecule has 138 valence electrons. The molecule has 7 heteroatoms. The summed E-state index contributed by atoms with van der Waals surface area (Å²) in [6, 6.07) is 1.28. The fraction of sp³-hybridized carbons (Fsp3) is 0.632. The monoisotopic (exact) mass is 361 g/mol. The molecular formula is C19H21F2N3O2. The number of nitrogens with one attached hydrogen (secondary N) is 1. The van der Waals surface area contributed by atoms with Crippen LogP contribution < -0.4 is 5.43 Å². The van der Waals surface area contributed by atoms with Gasteiger partial charge in [-0.3, -0.25) is 9.59 Å². The lowest BCUT2D eigenvalue weighted by atomic mass is 9.79. The van der Waals surface area contributed by atoms with Crippen molar-refractivity contribution in [2.75, 3.05) is 6.54 Å². The van der Waals surface area contributed by atoms with Crippen LogP contribution in [0.4, 0.5) is 8.78 Å². The lowest BCUT2D eigenvalue weighted by molar-refractivity contribution is -0.169. The van der Waals surface area contributed by atoms with Gasteiger partial charge < -0.3 is 9.88 Å². The summed E-state index contributed by atoms with van der Waals surface area (Å²) in [6.07, 6.45) is 4.27. The number of halogens is 2. The third-order valence-corrected chi connectivity index (χ3v) is 6.49. The van der Waals surface area contributed by atoms with Gasteiger partial charge in [0.15, 0.2) is 0 Å². The smallest absolute Gasteiger partial charge is 0.262 e. The third kappa shape index (κ3) is 2.24. The van der Waals surface area contributed by atoms with Crippen LogP contribution in [0.1, 0.15) is 56.2 Å². The van der Waals surface area contributed by atoms with Crippen LogP contribution in [-0.4, -0.2) is 28.3 Å². The van der Waals surface area contributed by atoms with E-state index in [9.17, 15) is 18.4 Å². The number of aromatic nitrogens is 1. The van der Waals surface area contributed by atoms with Gasteiger partial charge in [0.2, 0.25) is 11.3 Å². The van der Waals surface area contributed by atoms with E-state index >= 15 is 0 Å². The number of carbonyl (C=O) groups is 1. The van der Waals surface area contributed by atoms with Crippen LogP contribution in [0.5, 0.6) is 0 Å². The topological polar surface area (TPSA) is 77.0 Å². The number of rotatable bonds is 2. The Bertz CT molecular complexity index is 859. The minimum Gasteiger partial charge on any atom is -0.366 e. The first kappa shape index (κ1) is 17.2. The van der Waals surface area contributed by atoms with Gasteiger partial charge in [-0.25, -0.2) is 8.78 Å². The molecule has 1 N–H and O–H groups in total. The highest BCUT2D eigenvalue weighted by molar-refractivity contribution is 5.85. The highest BCUT2D eigenvalue weighted by Gasteiger charge is 2.69. The van der Waals surface area contributed by atoms with Crippen LogP contribution in [0.3, 0.4) is 0 Å². The summed E-state index contributed by atoms with van der Waals surface area (Å²) in [5.74, 6) is -3.47. The van der Waals surface area contributed by atoms with Crippen LogP contribution in [0.15, 0.2) is 17.2 Å². The van der Waals surface area contributed by atoms with E-state index in [0.717, 1.165) is 0 Å². The summed E-state index contributed by atoms with van der Waals surface area (Å²) in [4.78, 5) is 30.1. The zero-order valence-corrected chi connectivity index (χ0v) is 14.6. The second kappa shape index (κ2) is 5.63. The Hall–Kier alpha value is -2.23. The quantitative estimate of drug-likeness (QED) is 0.880. The van der Waals surface area contributed by atoms with Crippen molar-refractivity contribution in [3.05, 3.63) is 33.7 Å². The Balaban J connectivity index is 1.73. The van der Waals surface area contributed by atoms with E-state index in [1.54, 1.807) is 0 Å². The second-order valence-electron chi connectivity index (χ2n) is 8.18. The molecule has 2 heterocycles. The number of carbonyl (C=O) groups excluding carboxylic acids is 1. The number of likely N-dealkylation sites (tertiary alicyclic amines) is 1. The third-order valence-electron chi connectivity index (χ3n) is 6.49. The van der Waals surface area contributed by atoms with E-state index < -0.39 is 28.7 Å². The molecule has 0 radical (unpaired) electrons. The predicted octanol–water partition coefficient (Wildman–Crippen LogP) is 2.98. The summed E-state index contributed by atoms with van der Waals surface area (Å²) in [5.41, 5.74) is -1.75. The first-order valence-electron chi connectivity index (χ1n) is 9.09. The lowest BCUT2D eigenvalue weighted by Crippen LogP contribution is -2.51. The molecule has 4 rings (SSSR count). The van der Waals surface area contributed by atoms with E-state index in [-0.39, 0.29) is 36.7 Å². The van der Waals surface area contributed by atoms with Crippen LogP contribution >= 0.6 is 0 Å². The molecule has 2 unspecified atom stereocenters. The summed E-state index contributed by atoms with van der Waals surface area (Å²) >= 11 is 0. The Morgan fingerprint density at radius 3 is 2.77 bits per heavy atom. The molecule has 2 saturated carbocycles. The second-order valence-corrected chi connectivity index (χ2v) is 8.18. The van der Waals surface area contributed by atoms with E-state index in [1.807, 2.05) is 13.0 Å². The van der Waals surface area contributed by atoms with E-state index in [2.05, 4.69) is 4.98 Å². The highest BCUT2D eigenvalue weighted by atomic mass is 19.3. The van der Waals surface area contributed by atoms with Crippen LogP contribution in [-0.2, 0) is 4.79 Å². The molecule has 1 amide bonds. The van der Waals surface area contributed by atoms with Gasteiger partial charge in [0.25, 0.3) is 5.92 Å². The summed E-state index contributed by atoms with van der Waals surface area (Å²) < 4.78 is 29.3. The van der Waals surface area contributed by atoms with Gasteiger partial charge in [0, 0.05) is 30.9 Å². The summed E-state index contributed by atoms with van der Waals surface area (Å²) in [6.45, 7) is 2.31. The highest BCUT2D eigenvalue weighted by Crippen LogP contribution is 2.63. The van der Waals surface area contributed by atoms with Crippen molar-refractivity contribution in [3.8, 4) is 6.07 Å². The van der Waals surface area contributed by atoms with Crippen LogP contribution in [0.25, 0.3) is 0 Å². The largest absolute Gasteiger partial charge is 0.366 e. The van der Waals surface area contributed by atoms with Crippen LogP contribution in [0.2, 0.25) is 0 Å². The van der Waals surface area contributed by atoms with E-state index in [4.69, 9.17) is 5.26 Å². The molecular weight excluding hydrogens is 340 g/mol. The molecule has 1 aliphatic heterocycles. The zero-order valence-electron chi connectivity index (χ0n) is 14.6. The number of fused-ring (bicyclic) bond motifs is 2. The molecule has 4 atom stereocenters. The molecule has 2 aliphatic carbocycles. The maximum Gasteiger partial charge on any atom is 0.262 e. The van der Waals surface area contributed by atoms with Gasteiger partial charge in [-0.15, -0.1) is 0 Å². The predicted molar refractivity (Wildman–Crippen MR) is 89.4 cm³/mol. The number of hydrogen-bond acceptors (Lipinski definition) is 3. The molecule has 3 fully saturated rings. The molecule has 26 heavy (non-hydrogen) atoms. The van der Waals surface area contributed by atoms with Crippen molar-refractivity contribution in [1.29, 1.82) is 5.26 Å². The minimum absolute atomic E-state index is 0.0280. The molecule has 0 aromatic carbocycles. The summed E-state index contributed by atoms with van der Waals surface area (Å²) in [5, 5.41) is 9.09. The van der Waals surface area contributed by atoms with Crippen molar-refractivity contribution in [2.24, 2.45) is 17.3 Å². The lowest BCUT2D eigenvalue weighted by Gasteiger charge is -2.38. The SMILES string of the molecule is C[C@@H]1C[C@@H](c2c[nH]cc(C#N)c2=O)N(C(=O)C23CCC(CC2(F)F)C3)C1. The van der Waals surface area contributed by atoms with Crippen LogP contribution in [0, 0.1) is 28.6 Å². The first-order valence-corrected chi connectivity index (χ1v) is 9.09. The maximum absolute atomic E-state index is 14.7. The van der Waals surface area contributed by atoms with Gasteiger partial charge in [-0.1, -0.05) is 6.92 Å². The number of pyridine rings is 1. The van der Waals surface area contributed by atoms with Gasteiger partial charge >= 0.3 is 0 Å². The molecule has 1 aromatic heterocycles. The Morgan fingerprint density at radius 2 is 2.15 bits per heavy atom. The fourth-order valence-electron chi connectivity index (χ4n) is 5.23. The number of aromatic amines is 1. The van der Waals surface area contributed by atoms with E-state index in [0.29, 0.717) is 24.9 Å². The molecule has 1 aromatic rings. The minimum atomic E-state index is -2.98. The summed E-state index contributed by atoms with van der Waals surface area (Å²) in [7, 11) is 0. The first-order chi connectivity index (χ1) is 12.3. The van der Waals surface area contributed by atoms with Crippen molar-refractivity contribution in [3.63, 3.8) is 0 Å². The molecule has 3 aliphatic rings. The number of amides is 1. The number of H-pyrrole nitrogens is 1. The molecule has 1 saturated heterocycles. The molecule has 2 bridgehead atoms. The van der Waals surface area contributed by atoms with Crippen molar-refractivity contribution in [1.82, 2.24) is 9.88 Å². The number of hydrogen-bond donors (Lipinski definition) is 1. The maximum atomic E-state index is 14.7. The van der Waals surface area contributed by atoms with Crippen molar-refractivity contribution >= 4 is 5.91 Å². The van der Waals surface area contributed by atoms with Gasteiger partial charge in [0.1, 0.15) is 17.0 Å². The standard InChI is InChI=1S/C19H21F2N3O2/c1-11-4-15(14-9-23-8-13(7-22)16(14)25)24(10-11)17(26)18-3-2-12(5-18)6-19(18,20)21/h8-9,11-12,15H,2-6,10H2,1H3,(H,23,25)/t11-,12?,15+,18?/m1/s1. The number of nitrogens with zero attached hydrogens (tertiary/aromatic N) is 2. The van der Waals surface area contributed by atoms with Gasteiger partial charge in [0.05, 0.1) is 6.04 Å². The molecule has 5 nitrogen and oxygen atoms in total. The Morgan fingerprint density at radius 1 is 1.38 bits per heavy atom. The molecule has 0 spiro atoms. The average Bonchev–Trinajstić information content (AvgIpc) is 3.25. The Kier molecular flexibility index (Phi) is 3.73. The number of alkyl halides is 2.